The number of nitrogens with zero attached hydrogens (tertiary/aromatic N) is 1. The Bertz CT molecular complexity index is 190. The molecule has 1 aliphatic rings. The molecular weight excluding hydrogens is 160 g/mol. The Hall–Kier alpha value is -0.520. The average molecular weight is 180 g/mol. The van der Waals surface area contributed by atoms with Crippen LogP contribution in [0.15, 0.2) is 0 Å². The Kier molecular flexibility index (Phi) is 4.88. The summed E-state index contributed by atoms with van der Waals surface area (Å²) in [7, 11) is 0. The highest BCUT2D eigenvalue weighted by atomic mass is 15.2. The van der Waals surface area contributed by atoms with Crippen molar-refractivity contribution in [2.75, 3.05) is 19.6 Å². The Morgan fingerprint density at radius 3 is 3.00 bits per heavy atom. The quantitative estimate of drug-likeness (QED) is 0.662. The molecule has 0 bridgehead atoms. The summed E-state index contributed by atoms with van der Waals surface area (Å²) in [6, 6.07) is 0.618. The monoisotopic (exact) mass is 180 g/mol. The van der Waals surface area contributed by atoms with Gasteiger partial charge in [0.15, 0.2) is 0 Å². The molecule has 1 heterocycles. The molecule has 0 saturated carbocycles. The van der Waals surface area contributed by atoms with Gasteiger partial charge in [0.1, 0.15) is 0 Å². The predicted octanol–water partition coefficient (Wildman–Crippen LogP) is 1.21. The number of hydrogen-bond acceptors (Lipinski definition) is 2. The highest BCUT2D eigenvalue weighted by Crippen LogP contribution is 2.15. The molecule has 0 spiro atoms. The molecule has 74 valence electrons. The van der Waals surface area contributed by atoms with Crippen LogP contribution < -0.4 is 5.73 Å². The Labute approximate surface area is 81.5 Å². The maximum Gasteiger partial charge on any atom is 0.0218 e. The second-order valence-electron chi connectivity index (χ2n) is 3.60. The van der Waals surface area contributed by atoms with E-state index in [-0.39, 0.29) is 0 Å². The fourth-order valence-corrected chi connectivity index (χ4v) is 1.95. The highest BCUT2D eigenvalue weighted by molar-refractivity contribution is 4.96. The summed E-state index contributed by atoms with van der Waals surface area (Å²) in [5.74, 6) is 6.04. The first-order chi connectivity index (χ1) is 6.38. The summed E-state index contributed by atoms with van der Waals surface area (Å²) in [6.07, 6.45) is 4.94. The normalized spacial score (nSPS) is 23.7. The third kappa shape index (κ3) is 3.38. The zero-order valence-electron chi connectivity index (χ0n) is 8.55. The van der Waals surface area contributed by atoms with E-state index in [1.54, 1.807) is 0 Å². The largest absolute Gasteiger partial charge is 0.329 e. The van der Waals surface area contributed by atoms with Crippen molar-refractivity contribution in [2.45, 2.75) is 38.6 Å². The number of nitrogens with two attached hydrogens (primary N) is 1. The maximum atomic E-state index is 5.72. The summed E-state index contributed by atoms with van der Waals surface area (Å²) in [4.78, 5) is 2.49. The molecule has 1 saturated heterocycles. The fraction of sp³-hybridized carbons (Fsp3) is 0.818. The smallest absolute Gasteiger partial charge is 0.0218 e. The molecule has 1 aliphatic heterocycles. The summed E-state index contributed by atoms with van der Waals surface area (Å²) in [6.45, 7) is 5.02. The van der Waals surface area contributed by atoms with Crippen LogP contribution in [0.1, 0.15) is 32.6 Å². The maximum absolute atomic E-state index is 5.72. The summed E-state index contributed by atoms with van der Waals surface area (Å²) < 4.78 is 0. The summed E-state index contributed by atoms with van der Waals surface area (Å²) in [5.41, 5.74) is 5.72. The van der Waals surface area contributed by atoms with Gasteiger partial charge in [-0.2, -0.15) is 0 Å². The summed E-state index contributed by atoms with van der Waals surface area (Å²) in [5, 5.41) is 0. The van der Waals surface area contributed by atoms with Crippen molar-refractivity contribution in [3.8, 4) is 11.8 Å². The van der Waals surface area contributed by atoms with Crippen LogP contribution in [0.2, 0.25) is 0 Å². The van der Waals surface area contributed by atoms with Crippen molar-refractivity contribution in [2.24, 2.45) is 5.73 Å². The molecule has 0 aromatic carbocycles. The lowest BCUT2D eigenvalue weighted by Crippen LogP contribution is -2.44. The summed E-state index contributed by atoms with van der Waals surface area (Å²) >= 11 is 0. The van der Waals surface area contributed by atoms with Crippen molar-refractivity contribution in [1.29, 1.82) is 0 Å². The first-order valence-electron chi connectivity index (χ1n) is 5.22. The van der Waals surface area contributed by atoms with Gasteiger partial charge < -0.3 is 5.73 Å². The molecule has 0 aromatic rings. The van der Waals surface area contributed by atoms with Crippen LogP contribution >= 0.6 is 0 Å². The second kappa shape index (κ2) is 6.01. The van der Waals surface area contributed by atoms with E-state index in [1.807, 2.05) is 6.92 Å². The van der Waals surface area contributed by atoms with Crippen LogP contribution in [0, 0.1) is 11.8 Å². The van der Waals surface area contributed by atoms with E-state index in [2.05, 4.69) is 16.7 Å². The second-order valence-corrected chi connectivity index (χ2v) is 3.60. The van der Waals surface area contributed by atoms with E-state index < -0.39 is 0 Å². The van der Waals surface area contributed by atoms with Crippen LogP contribution in [0.25, 0.3) is 0 Å². The minimum atomic E-state index is 0.618. The van der Waals surface area contributed by atoms with Gasteiger partial charge in [-0.15, -0.1) is 11.8 Å². The minimum Gasteiger partial charge on any atom is -0.329 e. The van der Waals surface area contributed by atoms with Gasteiger partial charge in [0.25, 0.3) is 0 Å². The van der Waals surface area contributed by atoms with Crippen LogP contribution in [-0.2, 0) is 0 Å². The topological polar surface area (TPSA) is 29.3 Å². The van der Waals surface area contributed by atoms with Crippen molar-refractivity contribution < 1.29 is 0 Å². The fourth-order valence-electron chi connectivity index (χ4n) is 1.95. The van der Waals surface area contributed by atoms with Gasteiger partial charge in [0.2, 0.25) is 0 Å². The van der Waals surface area contributed by atoms with Gasteiger partial charge in [-0.25, -0.2) is 0 Å². The number of piperidine rings is 1. The van der Waals surface area contributed by atoms with Gasteiger partial charge in [-0.1, -0.05) is 6.42 Å². The third-order valence-electron chi connectivity index (χ3n) is 2.72. The molecule has 0 aliphatic carbocycles. The van der Waals surface area contributed by atoms with E-state index in [1.165, 1.54) is 25.8 Å². The average Bonchev–Trinajstić information content (AvgIpc) is 2.19. The molecule has 2 nitrogen and oxygen atoms in total. The Morgan fingerprint density at radius 1 is 1.46 bits per heavy atom. The van der Waals surface area contributed by atoms with E-state index in [4.69, 9.17) is 5.73 Å². The third-order valence-corrected chi connectivity index (χ3v) is 2.72. The molecule has 0 aromatic heterocycles. The minimum absolute atomic E-state index is 0.618. The molecule has 2 N–H and O–H groups in total. The molecular formula is C11H20N2. The Balaban J connectivity index is 2.30. The van der Waals surface area contributed by atoms with Gasteiger partial charge in [-0.05, 0) is 26.3 Å². The van der Waals surface area contributed by atoms with Crippen molar-refractivity contribution in [3.63, 3.8) is 0 Å². The van der Waals surface area contributed by atoms with E-state index in [9.17, 15) is 0 Å². The van der Waals surface area contributed by atoms with Crippen LogP contribution in [0.3, 0.4) is 0 Å². The SMILES string of the molecule is CC#CCCN1CCCCC1CN. The van der Waals surface area contributed by atoms with E-state index >= 15 is 0 Å². The molecule has 1 unspecified atom stereocenters. The number of hydrogen-bond donors (Lipinski definition) is 1. The lowest BCUT2D eigenvalue weighted by Gasteiger charge is -2.34. The zero-order valence-corrected chi connectivity index (χ0v) is 8.55. The first-order valence-corrected chi connectivity index (χ1v) is 5.22. The van der Waals surface area contributed by atoms with Gasteiger partial charge in [-0.3, -0.25) is 4.90 Å². The predicted molar refractivity (Wildman–Crippen MR) is 56.3 cm³/mol. The molecule has 0 amide bonds. The van der Waals surface area contributed by atoms with Gasteiger partial charge in [0.05, 0.1) is 0 Å². The molecule has 0 radical (unpaired) electrons. The first kappa shape index (κ1) is 10.6. The van der Waals surface area contributed by atoms with Crippen LogP contribution in [0.5, 0.6) is 0 Å². The number of likely N-dealkylation sites (tertiary alicyclic amines) is 1. The lowest BCUT2D eigenvalue weighted by atomic mass is 10.0. The molecule has 13 heavy (non-hydrogen) atoms. The van der Waals surface area contributed by atoms with Crippen LogP contribution in [0.4, 0.5) is 0 Å². The van der Waals surface area contributed by atoms with Gasteiger partial charge >= 0.3 is 0 Å². The van der Waals surface area contributed by atoms with E-state index in [0.717, 1.165) is 19.5 Å². The molecule has 1 fully saturated rings. The van der Waals surface area contributed by atoms with Crippen LogP contribution in [-0.4, -0.2) is 30.6 Å². The van der Waals surface area contributed by atoms with Crippen molar-refractivity contribution in [3.05, 3.63) is 0 Å². The lowest BCUT2D eigenvalue weighted by molar-refractivity contribution is 0.156. The molecule has 1 rings (SSSR count). The van der Waals surface area contributed by atoms with Crippen molar-refractivity contribution >= 4 is 0 Å². The zero-order chi connectivity index (χ0) is 9.52. The Morgan fingerprint density at radius 2 is 2.31 bits per heavy atom. The molecule has 2 heteroatoms. The van der Waals surface area contributed by atoms with Crippen molar-refractivity contribution in [1.82, 2.24) is 4.90 Å². The van der Waals surface area contributed by atoms with Gasteiger partial charge in [0, 0.05) is 25.6 Å². The molecule has 1 atom stereocenters. The van der Waals surface area contributed by atoms with E-state index in [0.29, 0.717) is 6.04 Å². The standard InChI is InChI=1S/C11H20N2/c1-2-3-5-8-13-9-6-4-7-11(13)10-12/h11H,4-10,12H2,1H3. The highest BCUT2D eigenvalue weighted by Gasteiger charge is 2.19. The number of rotatable bonds is 3.